The lowest BCUT2D eigenvalue weighted by molar-refractivity contribution is -0.152. The molecule has 0 aromatic heterocycles. The topological polar surface area (TPSA) is 53.3 Å². The van der Waals surface area contributed by atoms with E-state index in [0.717, 1.165) is 18.4 Å². The van der Waals surface area contributed by atoms with E-state index in [9.17, 15) is 10.1 Å². The molecule has 1 aromatic rings. The van der Waals surface area contributed by atoms with Crippen molar-refractivity contribution in [1.82, 2.24) is 4.90 Å². The molecule has 1 heterocycles. The van der Waals surface area contributed by atoms with Crippen LogP contribution in [0.4, 0.5) is 0 Å². The fourth-order valence-electron chi connectivity index (χ4n) is 3.54. The molecule has 2 fully saturated rings. The molecule has 2 atom stereocenters. The minimum atomic E-state index is -0.799. The first-order valence-corrected chi connectivity index (χ1v) is 8.05. The zero-order valence-corrected chi connectivity index (χ0v) is 13.0. The van der Waals surface area contributed by atoms with Gasteiger partial charge in [0, 0.05) is 0 Å². The fourth-order valence-corrected chi connectivity index (χ4v) is 3.54. The summed E-state index contributed by atoms with van der Waals surface area (Å²) in [5.74, 6) is 0.00392. The van der Waals surface area contributed by atoms with Crippen LogP contribution in [-0.2, 0) is 9.53 Å². The van der Waals surface area contributed by atoms with Crippen molar-refractivity contribution in [1.29, 1.82) is 5.26 Å². The lowest BCUT2D eigenvalue weighted by Gasteiger charge is -2.41. The van der Waals surface area contributed by atoms with Crippen LogP contribution in [0.3, 0.4) is 0 Å². The Labute approximate surface area is 131 Å². The third-order valence-corrected chi connectivity index (χ3v) is 4.95. The first-order valence-electron chi connectivity index (χ1n) is 8.05. The van der Waals surface area contributed by atoms with Crippen molar-refractivity contribution >= 4 is 5.91 Å². The summed E-state index contributed by atoms with van der Waals surface area (Å²) in [6, 6.07) is 12.3. The van der Waals surface area contributed by atoms with Crippen LogP contribution in [0.15, 0.2) is 30.3 Å². The molecule has 2 aliphatic rings. The Morgan fingerprint density at radius 1 is 1.32 bits per heavy atom. The van der Waals surface area contributed by atoms with Crippen LogP contribution in [0, 0.1) is 16.7 Å². The summed E-state index contributed by atoms with van der Waals surface area (Å²) in [4.78, 5) is 14.9. The molecule has 0 spiro atoms. The highest BCUT2D eigenvalue weighted by molar-refractivity contribution is 5.86. The van der Waals surface area contributed by atoms with E-state index in [-0.39, 0.29) is 18.1 Å². The van der Waals surface area contributed by atoms with Gasteiger partial charge in [0.1, 0.15) is 11.5 Å². The fraction of sp³-hybridized carbons (Fsp3) is 0.556. The zero-order chi connectivity index (χ0) is 15.6. The standard InChI is InChI=1S/C18H22N2O2/c1-14-12-22-16(15-7-3-2-4-8-15)11-20(14)17(21)18(13-19)9-5-6-10-18/h2-4,7-8,14,16H,5-6,9-12H2,1H3/t14-,16-/m0/s1. The molecule has 3 rings (SSSR count). The molecule has 4 heteroatoms. The number of hydrogen-bond acceptors (Lipinski definition) is 3. The molecule has 0 bridgehead atoms. The van der Waals surface area contributed by atoms with Crippen molar-refractivity contribution in [3.05, 3.63) is 35.9 Å². The normalized spacial score (nSPS) is 27.4. The second-order valence-corrected chi connectivity index (χ2v) is 6.44. The number of carbonyl (C=O) groups is 1. The van der Waals surface area contributed by atoms with Gasteiger partial charge in [-0.2, -0.15) is 5.26 Å². The molecule has 0 radical (unpaired) electrons. The van der Waals surface area contributed by atoms with Gasteiger partial charge in [-0.1, -0.05) is 43.2 Å². The van der Waals surface area contributed by atoms with Crippen molar-refractivity contribution in [3.63, 3.8) is 0 Å². The Bertz CT molecular complexity index is 572. The van der Waals surface area contributed by atoms with Gasteiger partial charge >= 0.3 is 0 Å². The van der Waals surface area contributed by atoms with Crippen molar-refractivity contribution in [2.24, 2.45) is 5.41 Å². The SMILES string of the molecule is C[C@H]1CO[C@H](c2ccccc2)CN1C(=O)C1(C#N)CCCC1. The molecule has 1 amide bonds. The Hall–Kier alpha value is -1.86. The van der Waals surface area contributed by atoms with Gasteiger partial charge in [-0.3, -0.25) is 4.79 Å². The highest BCUT2D eigenvalue weighted by atomic mass is 16.5. The van der Waals surface area contributed by atoms with Gasteiger partial charge in [0.25, 0.3) is 0 Å². The number of amides is 1. The number of benzene rings is 1. The smallest absolute Gasteiger partial charge is 0.243 e. The van der Waals surface area contributed by atoms with Crippen molar-refractivity contribution in [2.45, 2.75) is 44.8 Å². The van der Waals surface area contributed by atoms with Gasteiger partial charge in [-0.25, -0.2) is 0 Å². The Kier molecular flexibility index (Phi) is 4.17. The quantitative estimate of drug-likeness (QED) is 0.843. The van der Waals surface area contributed by atoms with E-state index in [4.69, 9.17) is 4.74 Å². The predicted octanol–water partition coefficient (Wildman–Crippen LogP) is 3.06. The average molecular weight is 298 g/mol. The third-order valence-electron chi connectivity index (χ3n) is 4.95. The van der Waals surface area contributed by atoms with Crippen LogP contribution in [-0.4, -0.2) is 30.0 Å². The third kappa shape index (κ3) is 2.62. The Morgan fingerprint density at radius 3 is 2.64 bits per heavy atom. The number of nitrogens with zero attached hydrogens (tertiary/aromatic N) is 2. The van der Waals surface area contributed by atoms with E-state index in [0.29, 0.717) is 26.0 Å². The first-order chi connectivity index (χ1) is 10.7. The van der Waals surface area contributed by atoms with Gasteiger partial charge in [0.15, 0.2) is 0 Å². The van der Waals surface area contributed by atoms with E-state index in [2.05, 4.69) is 6.07 Å². The van der Waals surface area contributed by atoms with Crippen LogP contribution in [0.5, 0.6) is 0 Å². The lowest BCUT2D eigenvalue weighted by Crippen LogP contribution is -2.52. The van der Waals surface area contributed by atoms with Gasteiger partial charge in [-0.05, 0) is 25.3 Å². The minimum absolute atomic E-state index is 0.00392. The summed E-state index contributed by atoms with van der Waals surface area (Å²) < 4.78 is 5.91. The molecule has 116 valence electrons. The van der Waals surface area contributed by atoms with Crippen molar-refractivity contribution in [3.8, 4) is 6.07 Å². The Balaban J connectivity index is 1.80. The van der Waals surface area contributed by atoms with Crippen LogP contribution < -0.4 is 0 Å². The van der Waals surface area contributed by atoms with Crippen LogP contribution in [0.2, 0.25) is 0 Å². The van der Waals surface area contributed by atoms with Crippen LogP contribution in [0.1, 0.15) is 44.3 Å². The van der Waals surface area contributed by atoms with E-state index in [1.165, 1.54) is 0 Å². The van der Waals surface area contributed by atoms with E-state index in [1.807, 2.05) is 42.2 Å². The number of morpholine rings is 1. The molecule has 1 saturated heterocycles. The lowest BCUT2D eigenvalue weighted by atomic mass is 9.85. The molecule has 1 aliphatic heterocycles. The summed E-state index contributed by atoms with van der Waals surface area (Å²) >= 11 is 0. The second-order valence-electron chi connectivity index (χ2n) is 6.44. The van der Waals surface area contributed by atoms with Crippen molar-refractivity contribution < 1.29 is 9.53 Å². The molecule has 4 nitrogen and oxygen atoms in total. The summed E-state index contributed by atoms with van der Waals surface area (Å²) in [6.07, 6.45) is 3.24. The molecule has 1 saturated carbocycles. The van der Waals surface area contributed by atoms with E-state index < -0.39 is 5.41 Å². The maximum Gasteiger partial charge on any atom is 0.243 e. The van der Waals surface area contributed by atoms with E-state index in [1.54, 1.807) is 0 Å². The summed E-state index contributed by atoms with van der Waals surface area (Å²) in [7, 11) is 0. The van der Waals surface area contributed by atoms with E-state index >= 15 is 0 Å². The average Bonchev–Trinajstić information content (AvgIpc) is 3.06. The van der Waals surface area contributed by atoms with Gasteiger partial charge in [0.05, 0.1) is 25.3 Å². The summed E-state index contributed by atoms with van der Waals surface area (Å²) in [5, 5.41) is 9.56. The van der Waals surface area contributed by atoms with Crippen molar-refractivity contribution in [2.75, 3.05) is 13.2 Å². The minimum Gasteiger partial charge on any atom is -0.370 e. The predicted molar refractivity (Wildman–Crippen MR) is 82.8 cm³/mol. The van der Waals surface area contributed by atoms with Gasteiger partial charge in [-0.15, -0.1) is 0 Å². The van der Waals surface area contributed by atoms with Crippen LogP contribution in [0.25, 0.3) is 0 Å². The number of rotatable bonds is 2. The first kappa shape index (κ1) is 15.1. The zero-order valence-electron chi connectivity index (χ0n) is 13.0. The second kappa shape index (κ2) is 6.10. The van der Waals surface area contributed by atoms with Gasteiger partial charge in [0.2, 0.25) is 5.91 Å². The Morgan fingerprint density at radius 2 is 2.00 bits per heavy atom. The molecule has 1 aliphatic carbocycles. The molecule has 1 aromatic carbocycles. The number of ether oxygens (including phenoxy) is 1. The summed E-state index contributed by atoms with van der Waals surface area (Å²) in [5.41, 5.74) is 0.289. The van der Waals surface area contributed by atoms with Crippen LogP contribution >= 0.6 is 0 Å². The van der Waals surface area contributed by atoms with Gasteiger partial charge < -0.3 is 9.64 Å². The maximum atomic E-state index is 13.0. The summed E-state index contributed by atoms with van der Waals surface area (Å²) in [6.45, 7) is 3.05. The molecule has 0 N–H and O–H groups in total. The molecule has 0 unspecified atom stereocenters. The monoisotopic (exact) mass is 298 g/mol. The molecular weight excluding hydrogens is 276 g/mol. The molecule has 22 heavy (non-hydrogen) atoms. The maximum absolute atomic E-state index is 13.0. The number of hydrogen-bond donors (Lipinski definition) is 0. The number of nitriles is 1. The molecular formula is C18H22N2O2. The number of carbonyl (C=O) groups excluding carboxylic acids is 1. The highest BCUT2D eigenvalue weighted by Gasteiger charge is 2.46. The largest absolute Gasteiger partial charge is 0.370 e. The highest BCUT2D eigenvalue weighted by Crippen LogP contribution is 2.40.